The van der Waals surface area contributed by atoms with Crippen molar-refractivity contribution < 1.29 is 14.4 Å². The third-order valence-electron chi connectivity index (χ3n) is 2.59. The van der Waals surface area contributed by atoms with Gasteiger partial charge in [-0.2, -0.15) is 0 Å². The van der Waals surface area contributed by atoms with Crippen molar-refractivity contribution in [2.75, 3.05) is 12.8 Å². The largest absolute Gasteiger partial charge is 0.341 e. The first kappa shape index (κ1) is 17.1. The molecule has 2 N–H and O–H groups in total. The zero-order valence-electron chi connectivity index (χ0n) is 12.4. The third kappa shape index (κ3) is 4.82. The molecule has 114 valence electrons. The molecule has 0 saturated heterocycles. The van der Waals surface area contributed by atoms with E-state index in [-0.39, 0.29) is 11.5 Å². The lowest BCUT2D eigenvalue weighted by Gasteiger charge is -2.10. The predicted molar refractivity (Wildman–Crippen MR) is 79.5 cm³/mol. The molecular formula is C13H18N4O3S. The maximum Gasteiger partial charge on any atom is 0.321 e. The van der Waals surface area contributed by atoms with Crippen LogP contribution in [0.4, 0.5) is 4.79 Å². The lowest BCUT2D eigenvalue weighted by Crippen LogP contribution is -2.38. The van der Waals surface area contributed by atoms with Crippen LogP contribution < -0.4 is 10.6 Å². The fraction of sp³-hybridized carbons (Fsp3) is 0.462. The van der Waals surface area contributed by atoms with Gasteiger partial charge in [-0.25, -0.2) is 14.8 Å². The van der Waals surface area contributed by atoms with E-state index in [1.807, 2.05) is 6.92 Å². The van der Waals surface area contributed by atoms with Crippen LogP contribution in [-0.4, -0.2) is 40.5 Å². The quantitative estimate of drug-likeness (QED) is 0.480. The first-order chi connectivity index (χ1) is 9.88. The van der Waals surface area contributed by atoms with Crippen LogP contribution in [0.1, 0.15) is 35.7 Å². The molecule has 21 heavy (non-hydrogen) atoms. The number of Topliss-reactive ketones (excluding diaryl/α,β-unsaturated/α-hetero) is 1. The normalized spacial score (nSPS) is 10.1. The highest BCUT2D eigenvalue weighted by Crippen LogP contribution is 2.23. The van der Waals surface area contributed by atoms with Gasteiger partial charge in [-0.3, -0.25) is 14.9 Å². The number of nitrogens with one attached hydrogen (secondary N) is 2. The van der Waals surface area contributed by atoms with Crippen molar-refractivity contribution in [1.29, 1.82) is 0 Å². The van der Waals surface area contributed by atoms with Gasteiger partial charge >= 0.3 is 6.03 Å². The van der Waals surface area contributed by atoms with Gasteiger partial charge in [-0.1, -0.05) is 18.7 Å². The van der Waals surface area contributed by atoms with Crippen LogP contribution in [0.15, 0.2) is 5.03 Å². The SMILES string of the molecule is CCc1nc(C)c(C(C)=O)c(SCC(=O)NC(=O)NC)n1. The Bertz CT molecular complexity index is 575. The summed E-state index contributed by atoms with van der Waals surface area (Å²) in [6.45, 7) is 5.09. The van der Waals surface area contributed by atoms with Crippen molar-refractivity contribution in [1.82, 2.24) is 20.6 Å². The molecule has 1 rings (SSSR count). The van der Waals surface area contributed by atoms with E-state index in [2.05, 4.69) is 20.6 Å². The van der Waals surface area contributed by atoms with Gasteiger partial charge < -0.3 is 5.32 Å². The van der Waals surface area contributed by atoms with Crippen molar-refractivity contribution in [3.8, 4) is 0 Å². The van der Waals surface area contributed by atoms with Crippen LogP contribution >= 0.6 is 11.8 Å². The number of urea groups is 1. The van der Waals surface area contributed by atoms with Crippen LogP contribution in [0.3, 0.4) is 0 Å². The molecule has 0 radical (unpaired) electrons. The van der Waals surface area contributed by atoms with E-state index in [0.29, 0.717) is 28.5 Å². The Hall–Kier alpha value is -1.96. The maximum atomic E-state index is 11.7. The van der Waals surface area contributed by atoms with Gasteiger partial charge in [-0.05, 0) is 13.8 Å². The van der Waals surface area contributed by atoms with Gasteiger partial charge in [0.1, 0.15) is 10.9 Å². The molecule has 0 saturated carbocycles. The maximum absolute atomic E-state index is 11.7. The molecule has 0 aliphatic rings. The molecule has 0 spiro atoms. The number of hydrogen-bond acceptors (Lipinski definition) is 6. The van der Waals surface area contributed by atoms with E-state index < -0.39 is 11.9 Å². The molecule has 1 aromatic rings. The highest BCUT2D eigenvalue weighted by atomic mass is 32.2. The summed E-state index contributed by atoms with van der Waals surface area (Å²) in [5, 5.41) is 4.92. The summed E-state index contributed by atoms with van der Waals surface area (Å²) in [7, 11) is 1.42. The molecule has 7 nitrogen and oxygen atoms in total. The number of imide groups is 1. The second kappa shape index (κ2) is 7.72. The summed E-state index contributed by atoms with van der Waals surface area (Å²) in [6.07, 6.45) is 0.636. The number of amides is 3. The standard InChI is InChI=1S/C13H18N4O3S/c1-5-9-15-7(2)11(8(3)18)12(16-9)21-6-10(19)17-13(20)14-4/h5-6H2,1-4H3,(H2,14,17,19,20). The van der Waals surface area contributed by atoms with E-state index in [9.17, 15) is 14.4 Å². The van der Waals surface area contributed by atoms with Crippen molar-refractivity contribution in [2.45, 2.75) is 32.2 Å². The average Bonchev–Trinajstić information content (AvgIpc) is 2.43. The topological polar surface area (TPSA) is 101 Å². The van der Waals surface area contributed by atoms with E-state index in [0.717, 1.165) is 11.8 Å². The molecule has 0 aliphatic heterocycles. The van der Waals surface area contributed by atoms with Gasteiger partial charge in [0, 0.05) is 13.5 Å². The lowest BCUT2D eigenvalue weighted by molar-refractivity contribution is -0.117. The molecule has 1 heterocycles. The fourth-order valence-electron chi connectivity index (χ4n) is 1.63. The summed E-state index contributed by atoms with van der Waals surface area (Å²) >= 11 is 1.12. The molecule has 0 aromatic carbocycles. The second-order valence-electron chi connectivity index (χ2n) is 4.23. The Morgan fingerprint density at radius 2 is 1.90 bits per heavy atom. The van der Waals surface area contributed by atoms with Gasteiger partial charge in [0.2, 0.25) is 5.91 Å². The first-order valence-corrected chi connectivity index (χ1v) is 7.40. The zero-order valence-corrected chi connectivity index (χ0v) is 13.3. The Morgan fingerprint density at radius 1 is 1.24 bits per heavy atom. The van der Waals surface area contributed by atoms with Crippen LogP contribution in [-0.2, 0) is 11.2 Å². The Morgan fingerprint density at radius 3 is 2.43 bits per heavy atom. The smallest absolute Gasteiger partial charge is 0.321 e. The monoisotopic (exact) mass is 310 g/mol. The van der Waals surface area contributed by atoms with E-state index in [1.54, 1.807) is 6.92 Å². The van der Waals surface area contributed by atoms with Crippen molar-refractivity contribution >= 4 is 29.5 Å². The molecule has 0 unspecified atom stereocenters. The fourth-order valence-corrected chi connectivity index (χ4v) is 2.58. The van der Waals surface area contributed by atoms with Crippen LogP contribution in [0, 0.1) is 6.92 Å². The first-order valence-electron chi connectivity index (χ1n) is 6.41. The highest BCUT2D eigenvalue weighted by Gasteiger charge is 2.17. The summed E-state index contributed by atoms with van der Waals surface area (Å²) in [5.74, 6) is 0.00654. The number of ketones is 1. The summed E-state index contributed by atoms with van der Waals surface area (Å²) in [4.78, 5) is 42.9. The predicted octanol–water partition coefficient (Wildman–Crippen LogP) is 1.10. The number of carbonyl (C=O) groups is 3. The van der Waals surface area contributed by atoms with E-state index >= 15 is 0 Å². The Kier molecular flexibility index (Phi) is 6.29. The lowest BCUT2D eigenvalue weighted by atomic mass is 10.2. The van der Waals surface area contributed by atoms with Gasteiger partial charge in [0.05, 0.1) is 17.0 Å². The number of hydrogen-bond donors (Lipinski definition) is 2. The summed E-state index contributed by atoms with van der Waals surface area (Å²) in [6, 6.07) is -0.569. The summed E-state index contributed by atoms with van der Waals surface area (Å²) < 4.78 is 0. The Balaban J connectivity index is 2.91. The van der Waals surface area contributed by atoms with E-state index in [4.69, 9.17) is 0 Å². The van der Waals surface area contributed by atoms with Crippen LogP contribution in [0.2, 0.25) is 0 Å². The van der Waals surface area contributed by atoms with Crippen LogP contribution in [0.25, 0.3) is 0 Å². The number of nitrogens with zero attached hydrogens (tertiary/aromatic N) is 2. The van der Waals surface area contributed by atoms with Crippen molar-refractivity contribution in [2.24, 2.45) is 0 Å². The number of rotatable bonds is 5. The minimum absolute atomic E-state index is 0.00664. The molecule has 0 bridgehead atoms. The Labute approximate surface area is 127 Å². The highest BCUT2D eigenvalue weighted by molar-refractivity contribution is 8.00. The van der Waals surface area contributed by atoms with Gasteiger partial charge in [0.25, 0.3) is 0 Å². The van der Waals surface area contributed by atoms with E-state index in [1.165, 1.54) is 14.0 Å². The van der Waals surface area contributed by atoms with Crippen LogP contribution in [0.5, 0.6) is 0 Å². The minimum Gasteiger partial charge on any atom is -0.341 e. The van der Waals surface area contributed by atoms with Gasteiger partial charge in [-0.15, -0.1) is 0 Å². The molecule has 3 amide bonds. The molecular weight excluding hydrogens is 292 g/mol. The number of aromatic nitrogens is 2. The van der Waals surface area contributed by atoms with Gasteiger partial charge in [0.15, 0.2) is 5.78 Å². The molecule has 0 fully saturated rings. The second-order valence-corrected chi connectivity index (χ2v) is 5.20. The third-order valence-corrected chi connectivity index (χ3v) is 3.57. The number of carbonyl (C=O) groups excluding carboxylic acids is 3. The van der Waals surface area contributed by atoms with Crippen molar-refractivity contribution in [3.63, 3.8) is 0 Å². The molecule has 8 heteroatoms. The minimum atomic E-state index is -0.569. The molecule has 0 atom stereocenters. The molecule has 1 aromatic heterocycles. The molecule has 0 aliphatic carbocycles. The number of thioether (sulfide) groups is 1. The zero-order chi connectivity index (χ0) is 16.0. The number of aryl methyl sites for hydroxylation is 2. The summed E-state index contributed by atoms with van der Waals surface area (Å²) in [5.41, 5.74) is 1.02. The average molecular weight is 310 g/mol. The van der Waals surface area contributed by atoms with Crippen molar-refractivity contribution in [3.05, 3.63) is 17.1 Å².